The standard InChI is InChI=1S/C9H7FO5/c10-7-3-5(15-4-8(11)12)1-2-6(7)9(13)14/h1-3H,4H2,(H,11,12)(H,13,14). The molecule has 1 rings (SSSR count). The minimum atomic E-state index is -1.39. The quantitative estimate of drug-likeness (QED) is 0.780. The molecule has 0 saturated heterocycles. The fourth-order valence-electron chi connectivity index (χ4n) is 0.904. The normalized spacial score (nSPS) is 9.67. The Morgan fingerprint density at radius 3 is 2.47 bits per heavy atom. The van der Waals surface area contributed by atoms with Crippen LogP contribution in [0.5, 0.6) is 5.75 Å². The molecule has 0 radical (unpaired) electrons. The number of aliphatic carboxylic acids is 1. The van der Waals surface area contributed by atoms with E-state index < -0.39 is 29.9 Å². The third-order valence-corrected chi connectivity index (χ3v) is 1.53. The Bertz CT molecular complexity index is 401. The second-order valence-corrected chi connectivity index (χ2v) is 2.63. The molecule has 1 aromatic rings. The molecule has 0 heterocycles. The molecule has 0 atom stereocenters. The Hall–Kier alpha value is -2.11. The molecule has 5 nitrogen and oxygen atoms in total. The average Bonchev–Trinajstić information content (AvgIpc) is 2.14. The smallest absolute Gasteiger partial charge is 0.341 e. The number of carbonyl (C=O) groups is 2. The Labute approximate surface area is 83.7 Å². The second kappa shape index (κ2) is 4.41. The lowest BCUT2D eigenvalue weighted by atomic mass is 10.2. The Kier molecular flexibility index (Phi) is 3.22. The maximum absolute atomic E-state index is 13.0. The van der Waals surface area contributed by atoms with Crippen LogP contribution in [0.15, 0.2) is 18.2 Å². The van der Waals surface area contributed by atoms with Gasteiger partial charge in [-0.25, -0.2) is 14.0 Å². The van der Waals surface area contributed by atoms with Gasteiger partial charge >= 0.3 is 11.9 Å². The Morgan fingerprint density at radius 1 is 1.33 bits per heavy atom. The molecule has 0 saturated carbocycles. The number of hydrogen-bond acceptors (Lipinski definition) is 3. The highest BCUT2D eigenvalue weighted by molar-refractivity contribution is 5.88. The third-order valence-electron chi connectivity index (χ3n) is 1.53. The zero-order chi connectivity index (χ0) is 11.4. The predicted octanol–water partition coefficient (Wildman–Crippen LogP) is 0.987. The van der Waals surface area contributed by atoms with Crippen molar-refractivity contribution >= 4 is 11.9 Å². The van der Waals surface area contributed by atoms with Gasteiger partial charge in [0.1, 0.15) is 11.6 Å². The van der Waals surface area contributed by atoms with Gasteiger partial charge in [0.05, 0.1) is 5.56 Å². The van der Waals surface area contributed by atoms with E-state index >= 15 is 0 Å². The van der Waals surface area contributed by atoms with Crippen LogP contribution < -0.4 is 4.74 Å². The molecule has 0 aliphatic rings. The molecule has 0 amide bonds. The highest BCUT2D eigenvalue weighted by atomic mass is 19.1. The van der Waals surface area contributed by atoms with E-state index in [-0.39, 0.29) is 5.75 Å². The number of benzene rings is 1. The molecule has 6 heteroatoms. The predicted molar refractivity (Wildman–Crippen MR) is 46.5 cm³/mol. The molecule has 0 aliphatic heterocycles. The second-order valence-electron chi connectivity index (χ2n) is 2.63. The summed E-state index contributed by atoms with van der Waals surface area (Å²) < 4.78 is 17.7. The summed E-state index contributed by atoms with van der Waals surface area (Å²) in [6.07, 6.45) is 0. The van der Waals surface area contributed by atoms with E-state index in [1.165, 1.54) is 6.07 Å². The van der Waals surface area contributed by atoms with Gasteiger partial charge in [0.15, 0.2) is 6.61 Å². The van der Waals surface area contributed by atoms with Crippen LogP contribution in [0.1, 0.15) is 10.4 Å². The van der Waals surface area contributed by atoms with Gasteiger partial charge in [-0.15, -0.1) is 0 Å². The lowest BCUT2D eigenvalue weighted by molar-refractivity contribution is -0.139. The largest absolute Gasteiger partial charge is 0.482 e. The van der Waals surface area contributed by atoms with Crippen molar-refractivity contribution < 1.29 is 28.9 Å². The van der Waals surface area contributed by atoms with Crippen LogP contribution in [0, 0.1) is 5.82 Å². The summed E-state index contributed by atoms with van der Waals surface area (Å²) in [5.41, 5.74) is -0.488. The number of rotatable bonds is 4. The van der Waals surface area contributed by atoms with E-state index in [4.69, 9.17) is 10.2 Å². The molecule has 0 bridgehead atoms. The van der Waals surface area contributed by atoms with Crippen LogP contribution in [-0.2, 0) is 4.79 Å². The van der Waals surface area contributed by atoms with E-state index in [2.05, 4.69) is 4.74 Å². The van der Waals surface area contributed by atoms with Crippen molar-refractivity contribution in [2.24, 2.45) is 0 Å². The lowest BCUT2D eigenvalue weighted by Crippen LogP contribution is -2.10. The van der Waals surface area contributed by atoms with Crippen molar-refractivity contribution in [1.82, 2.24) is 0 Å². The summed E-state index contributed by atoms with van der Waals surface area (Å²) in [6.45, 7) is -0.605. The molecular formula is C9H7FO5. The molecular weight excluding hydrogens is 207 g/mol. The van der Waals surface area contributed by atoms with Gasteiger partial charge in [-0.3, -0.25) is 0 Å². The van der Waals surface area contributed by atoms with E-state index in [1.807, 2.05) is 0 Å². The van der Waals surface area contributed by atoms with Crippen molar-refractivity contribution in [3.05, 3.63) is 29.6 Å². The molecule has 0 spiro atoms. The van der Waals surface area contributed by atoms with Crippen molar-refractivity contribution in [2.45, 2.75) is 0 Å². The number of carboxylic acids is 2. The Balaban J connectivity index is 2.82. The van der Waals surface area contributed by atoms with Crippen molar-refractivity contribution in [2.75, 3.05) is 6.61 Å². The number of halogens is 1. The summed E-state index contributed by atoms with van der Waals surface area (Å²) in [5, 5.41) is 16.8. The monoisotopic (exact) mass is 214 g/mol. The van der Waals surface area contributed by atoms with Gasteiger partial charge in [-0.05, 0) is 12.1 Å². The first-order valence-corrected chi connectivity index (χ1v) is 3.88. The first-order valence-electron chi connectivity index (χ1n) is 3.88. The molecule has 15 heavy (non-hydrogen) atoms. The van der Waals surface area contributed by atoms with Crippen molar-refractivity contribution in [3.8, 4) is 5.75 Å². The maximum atomic E-state index is 13.0. The summed E-state index contributed by atoms with van der Waals surface area (Å²) in [4.78, 5) is 20.5. The van der Waals surface area contributed by atoms with E-state index in [0.29, 0.717) is 0 Å². The van der Waals surface area contributed by atoms with E-state index in [9.17, 15) is 14.0 Å². The fraction of sp³-hybridized carbons (Fsp3) is 0.111. The van der Waals surface area contributed by atoms with Crippen LogP contribution in [0.2, 0.25) is 0 Å². The Morgan fingerprint density at radius 2 is 2.00 bits per heavy atom. The number of ether oxygens (including phenoxy) is 1. The van der Waals surface area contributed by atoms with Gasteiger partial charge in [-0.2, -0.15) is 0 Å². The summed E-state index contributed by atoms with van der Waals surface area (Å²) in [6, 6.07) is 3.02. The lowest BCUT2D eigenvalue weighted by Gasteiger charge is -2.04. The van der Waals surface area contributed by atoms with Gasteiger partial charge < -0.3 is 14.9 Å². The molecule has 0 fully saturated rings. The number of aromatic carboxylic acids is 1. The van der Waals surface area contributed by atoms with E-state index in [0.717, 1.165) is 12.1 Å². The molecule has 80 valence electrons. The van der Waals surface area contributed by atoms with Crippen LogP contribution in [0.4, 0.5) is 4.39 Å². The average molecular weight is 214 g/mol. The number of hydrogen-bond donors (Lipinski definition) is 2. The fourth-order valence-corrected chi connectivity index (χ4v) is 0.904. The molecule has 2 N–H and O–H groups in total. The minimum absolute atomic E-state index is 0.0279. The maximum Gasteiger partial charge on any atom is 0.341 e. The first-order chi connectivity index (χ1) is 7.00. The van der Waals surface area contributed by atoms with Crippen LogP contribution in [0.3, 0.4) is 0 Å². The summed E-state index contributed by atoms with van der Waals surface area (Å²) >= 11 is 0. The SMILES string of the molecule is O=C(O)COc1ccc(C(=O)O)c(F)c1. The van der Waals surface area contributed by atoms with E-state index in [1.54, 1.807) is 0 Å². The summed E-state index contributed by atoms with van der Waals surface area (Å²) in [7, 11) is 0. The van der Waals surface area contributed by atoms with Crippen molar-refractivity contribution in [1.29, 1.82) is 0 Å². The zero-order valence-electron chi connectivity index (χ0n) is 7.44. The van der Waals surface area contributed by atoms with Crippen molar-refractivity contribution in [3.63, 3.8) is 0 Å². The highest BCUT2D eigenvalue weighted by Gasteiger charge is 2.11. The van der Waals surface area contributed by atoms with Gasteiger partial charge in [0.25, 0.3) is 0 Å². The topological polar surface area (TPSA) is 83.8 Å². The van der Waals surface area contributed by atoms with Gasteiger partial charge in [0.2, 0.25) is 0 Å². The summed E-state index contributed by atoms with van der Waals surface area (Å²) in [5.74, 6) is -3.58. The van der Waals surface area contributed by atoms with Gasteiger partial charge in [0, 0.05) is 6.07 Å². The molecule has 0 aromatic heterocycles. The number of carboxylic acid groups (broad SMARTS) is 2. The van der Waals surface area contributed by atoms with Crippen LogP contribution in [0.25, 0.3) is 0 Å². The van der Waals surface area contributed by atoms with Gasteiger partial charge in [-0.1, -0.05) is 0 Å². The third kappa shape index (κ3) is 2.94. The minimum Gasteiger partial charge on any atom is -0.482 e. The molecule has 0 aliphatic carbocycles. The molecule has 1 aromatic carbocycles. The first kappa shape index (κ1) is 11.0. The van der Waals surface area contributed by atoms with Crippen LogP contribution >= 0.6 is 0 Å². The van der Waals surface area contributed by atoms with Crippen LogP contribution in [-0.4, -0.2) is 28.8 Å². The zero-order valence-corrected chi connectivity index (χ0v) is 7.44. The highest BCUT2D eigenvalue weighted by Crippen LogP contribution is 2.16. The molecule has 0 unspecified atom stereocenters.